The van der Waals surface area contributed by atoms with E-state index in [1.54, 1.807) is 0 Å². The van der Waals surface area contributed by atoms with Crippen LogP contribution in [-0.4, -0.2) is 31.9 Å². The molecule has 2 aromatic rings. The van der Waals surface area contributed by atoms with Crippen LogP contribution in [0.1, 0.15) is 17.3 Å². The standard InChI is InChI=1S/C9H12N6O/c1-6-7(2)14-15-9(13-6)10-4-3-8-11-5-12-16-8/h5H,3-4H2,1-2H3,(H,10,13,15). The molecule has 0 saturated carbocycles. The van der Waals surface area contributed by atoms with E-state index in [1.807, 2.05) is 13.8 Å². The maximum absolute atomic E-state index is 4.86. The number of hydrogen-bond acceptors (Lipinski definition) is 7. The van der Waals surface area contributed by atoms with Crippen LogP contribution in [0.25, 0.3) is 0 Å². The zero-order valence-corrected chi connectivity index (χ0v) is 9.14. The van der Waals surface area contributed by atoms with E-state index in [-0.39, 0.29) is 0 Å². The van der Waals surface area contributed by atoms with Gasteiger partial charge in [0.2, 0.25) is 11.8 Å². The molecule has 2 heterocycles. The van der Waals surface area contributed by atoms with Crippen LogP contribution in [0.2, 0.25) is 0 Å². The second-order valence-corrected chi connectivity index (χ2v) is 3.32. The number of nitrogens with zero attached hydrogens (tertiary/aromatic N) is 5. The molecule has 0 aromatic carbocycles. The zero-order valence-electron chi connectivity index (χ0n) is 9.14. The Morgan fingerprint density at radius 1 is 1.25 bits per heavy atom. The Labute approximate surface area is 92.3 Å². The molecule has 84 valence electrons. The summed E-state index contributed by atoms with van der Waals surface area (Å²) in [6.45, 7) is 4.40. The van der Waals surface area contributed by atoms with Crippen molar-refractivity contribution in [3.05, 3.63) is 23.6 Å². The smallest absolute Gasteiger partial charge is 0.242 e. The highest BCUT2D eigenvalue weighted by Gasteiger charge is 2.02. The number of hydrogen-bond donors (Lipinski definition) is 1. The molecule has 0 saturated heterocycles. The Bertz CT molecular complexity index is 455. The van der Waals surface area contributed by atoms with Gasteiger partial charge in [-0.3, -0.25) is 0 Å². The summed E-state index contributed by atoms with van der Waals surface area (Å²) >= 11 is 0. The number of anilines is 1. The Kier molecular flexibility index (Phi) is 3.04. The Hall–Kier alpha value is -2.05. The molecule has 0 atom stereocenters. The van der Waals surface area contributed by atoms with Gasteiger partial charge in [0.15, 0.2) is 6.33 Å². The Balaban J connectivity index is 1.87. The van der Waals surface area contributed by atoms with E-state index in [0.29, 0.717) is 24.8 Å². The van der Waals surface area contributed by atoms with Crippen molar-refractivity contribution >= 4 is 5.95 Å². The van der Waals surface area contributed by atoms with Crippen molar-refractivity contribution in [2.75, 3.05) is 11.9 Å². The van der Waals surface area contributed by atoms with Gasteiger partial charge in [0.05, 0.1) is 11.4 Å². The molecule has 2 aromatic heterocycles. The number of nitrogens with one attached hydrogen (secondary N) is 1. The molecular formula is C9H12N6O. The maximum Gasteiger partial charge on any atom is 0.242 e. The van der Waals surface area contributed by atoms with Crippen molar-refractivity contribution in [3.63, 3.8) is 0 Å². The summed E-state index contributed by atoms with van der Waals surface area (Å²) < 4.78 is 4.86. The molecule has 0 amide bonds. The van der Waals surface area contributed by atoms with Crippen LogP contribution in [0.15, 0.2) is 10.9 Å². The summed E-state index contributed by atoms with van der Waals surface area (Å²) in [7, 11) is 0. The molecule has 1 N–H and O–H groups in total. The number of aryl methyl sites for hydroxylation is 2. The molecule has 0 aliphatic heterocycles. The highest BCUT2D eigenvalue weighted by atomic mass is 16.5. The van der Waals surface area contributed by atoms with Crippen LogP contribution in [0.5, 0.6) is 0 Å². The zero-order chi connectivity index (χ0) is 11.4. The summed E-state index contributed by atoms with van der Waals surface area (Å²) in [6, 6.07) is 0. The first-order valence-electron chi connectivity index (χ1n) is 4.93. The fourth-order valence-electron chi connectivity index (χ4n) is 1.12. The second-order valence-electron chi connectivity index (χ2n) is 3.32. The highest BCUT2D eigenvalue weighted by molar-refractivity contribution is 5.24. The average molecular weight is 220 g/mol. The van der Waals surface area contributed by atoms with Gasteiger partial charge < -0.3 is 9.84 Å². The normalized spacial score (nSPS) is 10.4. The van der Waals surface area contributed by atoms with Gasteiger partial charge in [-0.15, -0.1) is 5.10 Å². The van der Waals surface area contributed by atoms with Gasteiger partial charge in [0.1, 0.15) is 0 Å². The van der Waals surface area contributed by atoms with E-state index in [2.05, 4.69) is 30.6 Å². The second kappa shape index (κ2) is 4.65. The molecule has 16 heavy (non-hydrogen) atoms. The SMILES string of the molecule is Cc1nnc(NCCc2ncno2)nc1C. The monoisotopic (exact) mass is 220 g/mol. The topological polar surface area (TPSA) is 89.6 Å². The predicted molar refractivity (Wildman–Crippen MR) is 55.8 cm³/mol. The summed E-state index contributed by atoms with van der Waals surface area (Å²) in [5.74, 6) is 1.10. The molecule has 0 fully saturated rings. The lowest BCUT2D eigenvalue weighted by molar-refractivity contribution is 0.379. The molecule has 7 nitrogen and oxygen atoms in total. The first kappa shape index (κ1) is 10.5. The quantitative estimate of drug-likeness (QED) is 0.803. The highest BCUT2D eigenvalue weighted by Crippen LogP contribution is 2.02. The van der Waals surface area contributed by atoms with Crippen LogP contribution >= 0.6 is 0 Å². The van der Waals surface area contributed by atoms with Crippen molar-refractivity contribution in [1.29, 1.82) is 0 Å². The molecule has 0 bridgehead atoms. The lowest BCUT2D eigenvalue weighted by Gasteiger charge is -2.03. The maximum atomic E-state index is 4.86. The third-order valence-electron chi connectivity index (χ3n) is 2.12. The summed E-state index contributed by atoms with van der Waals surface area (Å²) in [5.41, 5.74) is 1.71. The minimum Gasteiger partial charge on any atom is -0.352 e. The molecule has 2 rings (SSSR count). The summed E-state index contributed by atoms with van der Waals surface area (Å²) in [6.07, 6.45) is 2.01. The predicted octanol–water partition coefficient (Wildman–Crippen LogP) is 0.526. The van der Waals surface area contributed by atoms with Gasteiger partial charge in [-0.1, -0.05) is 5.16 Å². The van der Waals surface area contributed by atoms with E-state index >= 15 is 0 Å². The van der Waals surface area contributed by atoms with Crippen LogP contribution in [0.3, 0.4) is 0 Å². The van der Waals surface area contributed by atoms with E-state index in [1.165, 1.54) is 6.33 Å². The first-order valence-corrected chi connectivity index (χ1v) is 4.93. The van der Waals surface area contributed by atoms with Crippen LogP contribution in [-0.2, 0) is 6.42 Å². The van der Waals surface area contributed by atoms with Gasteiger partial charge >= 0.3 is 0 Å². The lowest BCUT2D eigenvalue weighted by Crippen LogP contribution is -2.10. The molecule has 7 heteroatoms. The van der Waals surface area contributed by atoms with Gasteiger partial charge in [0, 0.05) is 13.0 Å². The number of rotatable bonds is 4. The van der Waals surface area contributed by atoms with Crippen LogP contribution < -0.4 is 5.32 Å². The van der Waals surface area contributed by atoms with Gasteiger partial charge in [-0.2, -0.15) is 10.1 Å². The average Bonchev–Trinajstić information content (AvgIpc) is 2.76. The molecule has 0 spiro atoms. The molecule has 0 aliphatic rings. The fourth-order valence-corrected chi connectivity index (χ4v) is 1.12. The van der Waals surface area contributed by atoms with Crippen LogP contribution in [0.4, 0.5) is 5.95 Å². The van der Waals surface area contributed by atoms with Crippen molar-refractivity contribution < 1.29 is 4.52 Å². The van der Waals surface area contributed by atoms with Crippen molar-refractivity contribution in [2.45, 2.75) is 20.3 Å². The van der Waals surface area contributed by atoms with Gasteiger partial charge in [0.25, 0.3) is 0 Å². The van der Waals surface area contributed by atoms with Crippen LogP contribution in [0, 0.1) is 13.8 Å². The Morgan fingerprint density at radius 3 is 2.81 bits per heavy atom. The summed E-state index contributed by atoms with van der Waals surface area (Å²) in [4.78, 5) is 8.15. The largest absolute Gasteiger partial charge is 0.352 e. The van der Waals surface area contributed by atoms with Crippen molar-refractivity contribution in [1.82, 2.24) is 25.3 Å². The minimum absolute atomic E-state index is 0.516. The first-order chi connectivity index (χ1) is 7.75. The van der Waals surface area contributed by atoms with Crippen molar-refractivity contribution in [3.8, 4) is 0 Å². The van der Waals surface area contributed by atoms with E-state index < -0.39 is 0 Å². The van der Waals surface area contributed by atoms with Gasteiger partial charge in [-0.25, -0.2) is 4.98 Å². The minimum atomic E-state index is 0.516. The molecule has 0 aliphatic carbocycles. The fraction of sp³-hybridized carbons (Fsp3) is 0.444. The lowest BCUT2D eigenvalue weighted by atomic mass is 10.4. The molecule has 0 unspecified atom stereocenters. The van der Waals surface area contributed by atoms with Crippen molar-refractivity contribution in [2.24, 2.45) is 0 Å². The molecule has 0 radical (unpaired) electrons. The van der Waals surface area contributed by atoms with Gasteiger partial charge in [-0.05, 0) is 13.8 Å². The third kappa shape index (κ3) is 2.50. The van der Waals surface area contributed by atoms with E-state index in [4.69, 9.17) is 4.52 Å². The summed E-state index contributed by atoms with van der Waals surface area (Å²) in [5, 5.41) is 14.4. The number of aromatic nitrogens is 5. The molecular weight excluding hydrogens is 208 g/mol. The third-order valence-corrected chi connectivity index (χ3v) is 2.12. The Morgan fingerprint density at radius 2 is 2.12 bits per heavy atom. The van der Waals surface area contributed by atoms with E-state index in [0.717, 1.165) is 11.4 Å². The van der Waals surface area contributed by atoms with E-state index in [9.17, 15) is 0 Å².